The zero-order chi connectivity index (χ0) is 22.9. The molecule has 0 aromatic heterocycles. The lowest BCUT2D eigenvalue weighted by Crippen LogP contribution is -2.51. The van der Waals surface area contributed by atoms with E-state index < -0.39 is 5.41 Å². The number of nitrogens with one attached hydrogen (secondary N) is 2. The molecule has 7 heteroatoms. The first kappa shape index (κ1) is 24.6. The normalized spacial score (nSPS) is 18.4. The van der Waals surface area contributed by atoms with Gasteiger partial charge < -0.3 is 10.2 Å². The van der Waals surface area contributed by atoms with Crippen molar-refractivity contribution >= 4 is 29.3 Å². The average Bonchev–Trinajstić information content (AvgIpc) is 2.75. The number of benzene rings is 1. The van der Waals surface area contributed by atoms with E-state index in [1.54, 1.807) is 12.1 Å². The van der Waals surface area contributed by atoms with Crippen LogP contribution in [-0.2, 0) is 24.6 Å². The van der Waals surface area contributed by atoms with Crippen molar-refractivity contribution in [1.82, 2.24) is 10.2 Å². The van der Waals surface area contributed by atoms with Crippen LogP contribution in [0.2, 0.25) is 0 Å². The van der Waals surface area contributed by atoms with Gasteiger partial charge in [-0.15, -0.1) is 0 Å². The van der Waals surface area contributed by atoms with Gasteiger partial charge in [-0.2, -0.15) is 0 Å². The highest BCUT2D eigenvalue weighted by Crippen LogP contribution is 2.36. The summed E-state index contributed by atoms with van der Waals surface area (Å²) in [6, 6.07) is 7.24. The lowest BCUT2D eigenvalue weighted by atomic mass is 9.72. The quantitative estimate of drug-likeness (QED) is 0.526. The zero-order valence-electron chi connectivity index (χ0n) is 19.0. The van der Waals surface area contributed by atoms with Gasteiger partial charge in [0.1, 0.15) is 0 Å². The molecule has 1 atom stereocenters. The number of rotatable bonds is 11. The molecule has 1 fully saturated rings. The molecule has 1 aromatic rings. The number of carbonyl (C=O) groups is 4. The second kappa shape index (κ2) is 11.6. The van der Waals surface area contributed by atoms with E-state index >= 15 is 0 Å². The van der Waals surface area contributed by atoms with Gasteiger partial charge >= 0.3 is 0 Å². The Morgan fingerprint density at radius 1 is 1.03 bits per heavy atom. The van der Waals surface area contributed by atoms with Crippen molar-refractivity contribution in [2.75, 3.05) is 18.4 Å². The van der Waals surface area contributed by atoms with Crippen molar-refractivity contribution in [3.63, 3.8) is 0 Å². The maximum atomic E-state index is 12.5. The Morgan fingerprint density at radius 2 is 1.68 bits per heavy atom. The number of hydrogen-bond donors (Lipinski definition) is 2. The van der Waals surface area contributed by atoms with Crippen LogP contribution in [0.5, 0.6) is 0 Å². The van der Waals surface area contributed by atoms with Gasteiger partial charge in [0, 0.05) is 38.0 Å². The minimum Gasteiger partial charge on any atom is -0.343 e. The van der Waals surface area contributed by atoms with Crippen LogP contribution in [0.25, 0.3) is 0 Å². The summed E-state index contributed by atoms with van der Waals surface area (Å²) in [4.78, 5) is 50.4. The Bertz CT molecular complexity index is 785. The maximum Gasteiger partial charge on any atom is 0.237 e. The molecular formula is C24H35N3O4. The molecule has 0 spiro atoms. The van der Waals surface area contributed by atoms with Crippen LogP contribution in [0, 0.1) is 0 Å². The van der Waals surface area contributed by atoms with Crippen LogP contribution < -0.4 is 10.6 Å². The molecule has 1 aliphatic heterocycles. The van der Waals surface area contributed by atoms with Gasteiger partial charge in [-0.05, 0) is 49.8 Å². The molecule has 1 aromatic carbocycles. The van der Waals surface area contributed by atoms with Gasteiger partial charge in [-0.3, -0.25) is 24.5 Å². The predicted molar refractivity (Wildman–Crippen MR) is 120 cm³/mol. The molecule has 0 bridgehead atoms. The van der Waals surface area contributed by atoms with Crippen LogP contribution >= 0.6 is 0 Å². The maximum absolute atomic E-state index is 12.5. The van der Waals surface area contributed by atoms with Gasteiger partial charge in [0.05, 0.1) is 5.41 Å². The summed E-state index contributed by atoms with van der Waals surface area (Å²) in [6.45, 7) is 7.57. The Labute approximate surface area is 185 Å². The van der Waals surface area contributed by atoms with Gasteiger partial charge in [0.15, 0.2) is 0 Å². The van der Waals surface area contributed by atoms with Crippen LogP contribution in [0.1, 0.15) is 77.7 Å². The lowest BCUT2D eigenvalue weighted by Gasteiger charge is -2.35. The van der Waals surface area contributed by atoms with E-state index in [1.807, 2.05) is 24.0 Å². The molecule has 1 unspecified atom stereocenters. The third-order valence-electron chi connectivity index (χ3n) is 5.93. The second-order valence-electron chi connectivity index (χ2n) is 8.17. The van der Waals surface area contributed by atoms with Crippen LogP contribution in [0.4, 0.5) is 5.69 Å². The molecule has 0 saturated carbocycles. The zero-order valence-corrected chi connectivity index (χ0v) is 19.0. The number of hydrogen-bond acceptors (Lipinski definition) is 4. The highest BCUT2D eigenvalue weighted by Gasteiger charge is 2.42. The first-order valence-corrected chi connectivity index (χ1v) is 11.4. The summed E-state index contributed by atoms with van der Waals surface area (Å²) in [6.07, 6.45) is 4.44. The Morgan fingerprint density at radius 3 is 2.23 bits per heavy atom. The van der Waals surface area contributed by atoms with E-state index in [1.165, 1.54) is 0 Å². The van der Waals surface area contributed by atoms with Crippen molar-refractivity contribution in [3.05, 3.63) is 29.8 Å². The van der Waals surface area contributed by atoms with Crippen molar-refractivity contribution in [2.45, 2.75) is 77.6 Å². The number of carbonyl (C=O) groups excluding carboxylic acids is 4. The Kier molecular flexibility index (Phi) is 9.21. The number of imide groups is 1. The predicted octanol–water partition coefficient (Wildman–Crippen LogP) is 3.53. The van der Waals surface area contributed by atoms with Crippen molar-refractivity contribution in [2.24, 2.45) is 0 Å². The molecule has 4 amide bonds. The second-order valence-corrected chi connectivity index (χ2v) is 8.17. The van der Waals surface area contributed by atoms with Gasteiger partial charge in [-0.25, -0.2) is 0 Å². The van der Waals surface area contributed by atoms with E-state index in [0.717, 1.165) is 31.5 Å². The Hall–Kier alpha value is -2.70. The Balaban J connectivity index is 1.88. The average molecular weight is 430 g/mol. The van der Waals surface area contributed by atoms with E-state index in [0.29, 0.717) is 37.8 Å². The first-order chi connectivity index (χ1) is 14.9. The van der Waals surface area contributed by atoms with E-state index in [9.17, 15) is 19.2 Å². The largest absolute Gasteiger partial charge is 0.343 e. The third-order valence-corrected chi connectivity index (χ3v) is 5.93. The minimum absolute atomic E-state index is 0.106. The van der Waals surface area contributed by atoms with Gasteiger partial charge in [0.25, 0.3) is 0 Å². The SMILES string of the molecule is CCCN(CCC)C(=O)CCCC(=O)Nc1ccc(C2(CC)CCC(=O)NC2=O)cc1. The number of amides is 4. The standard InChI is InChI=1S/C24H35N3O4/c1-4-16-27(17-5-2)22(30)9-7-8-20(28)25-19-12-10-18(11-13-19)24(6-3)15-14-21(29)26-23(24)31/h10-13H,4-9,14-17H2,1-3H3,(H,25,28)(H,26,29,31). The van der Waals surface area contributed by atoms with Crippen molar-refractivity contribution in [1.29, 1.82) is 0 Å². The summed E-state index contributed by atoms with van der Waals surface area (Å²) in [5.74, 6) is -0.518. The van der Waals surface area contributed by atoms with Gasteiger partial charge in [0.2, 0.25) is 23.6 Å². The fraction of sp³-hybridized carbons (Fsp3) is 0.583. The number of anilines is 1. The summed E-state index contributed by atoms with van der Waals surface area (Å²) in [5, 5.41) is 5.30. The van der Waals surface area contributed by atoms with Crippen molar-refractivity contribution < 1.29 is 19.2 Å². The molecule has 1 saturated heterocycles. The lowest BCUT2D eigenvalue weighted by molar-refractivity contribution is -0.138. The monoisotopic (exact) mass is 429 g/mol. The minimum atomic E-state index is -0.709. The molecule has 31 heavy (non-hydrogen) atoms. The molecule has 170 valence electrons. The fourth-order valence-corrected chi connectivity index (χ4v) is 4.12. The molecule has 0 radical (unpaired) electrons. The van der Waals surface area contributed by atoms with Crippen LogP contribution in [0.3, 0.4) is 0 Å². The van der Waals surface area contributed by atoms with Crippen LogP contribution in [-0.4, -0.2) is 41.6 Å². The topological polar surface area (TPSA) is 95.6 Å². The molecule has 1 aliphatic rings. The fourth-order valence-electron chi connectivity index (χ4n) is 4.12. The summed E-state index contributed by atoms with van der Waals surface area (Å²) in [5.41, 5.74) is 0.785. The first-order valence-electron chi connectivity index (χ1n) is 11.4. The van der Waals surface area contributed by atoms with E-state index in [4.69, 9.17) is 0 Å². The summed E-state index contributed by atoms with van der Waals surface area (Å²) >= 11 is 0. The highest BCUT2D eigenvalue weighted by molar-refractivity contribution is 6.03. The summed E-state index contributed by atoms with van der Waals surface area (Å²) < 4.78 is 0. The highest BCUT2D eigenvalue weighted by atomic mass is 16.2. The van der Waals surface area contributed by atoms with E-state index in [-0.39, 0.29) is 30.0 Å². The molecule has 1 heterocycles. The molecule has 0 aliphatic carbocycles. The smallest absolute Gasteiger partial charge is 0.237 e. The summed E-state index contributed by atoms with van der Waals surface area (Å²) in [7, 11) is 0. The molecule has 7 nitrogen and oxygen atoms in total. The molecular weight excluding hydrogens is 394 g/mol. The van der Waals surface area contributed by atoms with E-state index in [2.05, 4.69) is 24.5 Å². The number of nitrogens with zero attached hydrogens (tertiary/aromatic N) is 1. The van der Waals surface area contributed by atoms with Gasteiger partial charge in [-0.1, -0.05) is 32.9 Å². The molecule has 2 N–H and O–H groups in total. The van der Waals surface area contributed by atoms with Crippen molar-refractivity contribution in [3.8, 4) is 0 Å². The number of piperidine rings is 1. The third kappa shape index (κ3) is 6.39. The van der Waals surface area contributed by atoms with Crippen LogP contribution in [0.15, 0.2) is 24.3 Å². The molecule has 2 rings (SSSR count).